The molecule has 0 aliphatic carbocycles. The molecule has 0 aliphatic heterocycles. The van der Waals surface area contributed by atoms with Gasteiger partial charge in [-0.2, -0.15) is 0 Å². The molecule has 1 N–H and O–H groups in total. The van der Waals surface area contributed by atoms with E-state index in [1.807, 2.05) is 18.2 Å². The van der Waals surface area contributed by atoms with Crippen LogP contribution < -0.4 is 5.32 Å². The second kappa shape index (κ2) is 3.54. The van der Waals surface area contributed by atoms with Gasteiger partial charge in [0, 0.05) is 18.7 Å². The molecule has 0 radical (unpaired) electrons. The normalized spacial score (nSPS) is 10.1. The zero-order chi connectivity index (χ0) is 9.97. The van der Waals surface area contributed by atoms with Crippen molar-refractivity contribution in [3.05, 3.63) is 35.9 Å². The zero-order valence-electron chi connectivity index (χ0n) is 8.24. The number of anilines is 1. The van der Waals surface area contributed by atoms with Crippen LogP contribution in [0.15, 0.2) is 34.9 Å². The largest absolute Gasteiger partial charge is 0.357 e. The van der Waals surface area contributed by atoms with Crippen molar-refractivity contribution >= 4 is 5.88 Å². The minimum absolute atomic E-state index is 0.681. The second-order valence-corrected chi connectivity index (χ2v) is 3.19. The Hall–Kier alpha value is -1.77. The number of nitrogens with one attached hydrogen (secondary N) is 1. The summed E-state index contributed by atoms with van der Waals surface area (Å²) in [6.07, 6.45) is 0. The van der Waals surface area contributed by atoms with Crippen molar-refractivity contribution in [2.24, 2.45) is 0 Å². The van der Waals surface area contributed by atoms with E-state index >= 15 is 0 Å². The molecule has 0 amide bonds. The molecule has 0 bridgehead atoms. The predicted octanol–water partition coefficient (Wildman–Crippen LogP) is 2.69. The molecular weight excluding hydrogens is 176 g/mol. The highest BCUT2D eigenvalue weighted by atomic mass is 16.5. The summed E-state index contributed by atoms with van der Waals surface area (Å²) in [5.74, 6) is 0.681. The topological polar surface area (TPSA) is 38.1 Å². The van der Waals surface area contributed by atoms with Crippen LogP contribution in [-0.4, -0.2) is 12.2 Å². The van der Waals surface area contributed by atoms with Crippen LogP contribution in [0.25, 0.3) is 11.3 Å². The van der Waals surface area contributed by atoms with Gasteiger partial charge in [-0.3, -0.25) is 0 Å². The maximum Gasteiger partial charge on any atom is 0.225 e. The fourth-order valence-electron chi connectivity index (χ4n) is 1.25. The molecule has 0 saturated heterocycles. The van der Waals surface area contributed by atoms with E-state index < -0.39 is 0 Å². The van der Waals surface area contributed by atoms with Crippen molar-refractivity contribution in [1.82, 2.24) is 5.16 Å². The molecule has 3 heteroatoms. The average Bonchev–Trinajstić information content (AvgIpc) is 2.67. The van der Waals surface area contributed by atoms with Crippen molar-refractivity contribution in [2.45, 2.75) is 6.92 Å². The predicted molar refractivity (Wildman–Crippen MR) is 56.2 cm³/mol. The van der Waals surface area contributed by atoms with Crippen molar-refractivity contribution in [3.8, 4) is 11.3 Å². The van der Waals surface area contributed by atoms with Gasteiger partial charge >= 0.3 is 0 Å². The Morgan fingerprint density at radius 1 is 1.21 bits per heavy atom. The van der Waals surface area contributed by atoms with Gasteiger partial charge < -0.3 is 9.84 Å². The number of aryl methyl sites for hydroxylation is 1. The van der Waals surface area contributed by atoms with Gasteiger partial charge in [-0.1, -0.05) is 35.0 Å². The first-order valence-electron chi connectivity index (χ1n) is 4.51. The van der Waals surface area contributed by atoms with E-state index in [0.717, 1.165) is 11.3 Å². The lowest BCUT2D eigenvalue weighted by Crippen LogP contribution is -1.82. The van der Waals surface area contributed by atoms with E-state index in [1.165, 1.54) is 5.56 Å². The number of hydrogen-bond acceptors (Lipinski definition) is 3. The number of benzene rings is 1. The molecule has 0 unspecified atom stereocenters. The zero-order valence-corrected chi connectivity index (χ0v) is 8.24. The summed E-state index contributed by atoms with van der Waals surface area (Å²) in [5.41, 5.74) is 3.17. The number of rotatable bonds is 2. The third-order valence-electron chi connectivity index (χ3n) is 2.10. The first-order valence-corrected chi connectivity index (χ1v) is 4.51. The summed E-state index contributed by atoms with van der Waals surface area (Å²) in [6.45, 7) is 2.06. The first-order chi connectivity index (χ1) is 6.79. The molecule has 0 spiro atoms. The minimum Gasteiger partial charge on any atom is -0.357 e. The third kappa shape index (κ3) is 1.62. The number of hydrogen-bond donors (Lipinski definition) is 1. The Balaban J connectivity index is 2.34. The number of aromatic nitrogens is 1. The van der Waals surface area contributed by atoms with Gasteiger partial charge in [-0.05, 0) is 6.92 Å². The maximum absolute atomic E-state index is 5.04. The van der Waals surface area contributed by atoms with Crippen molar-refractivity contribution in [3.63, 3.8) is 0 Å². The molecular formula is C11H12N2O. The summed E-state index contributed by atoms with van der Waals surface area (Å²) < 4.78 is 5.04. The van der Waals surface area contributed by atoms with Crippen LogP contribution in [0, 0.1) is 6.92 Å². The van der Waals surface area contributed by atoms with Crippen molar-refractivity contribution in [1.29, 1.82) is 0 Å². The van der Waals surface area contributed by atoms with Gasteiger partial charge in [0.2, 0.25) is 5.88 Å². The van der Waals surface area contributed by atoms with Crippen LogP contribution in [0.1, 0.15) is 5.56 Å². The smallest absolute Gasteiger partial charge is 0.225 e. The lowest BCUT2D eigenvalue weighted by atomic mass is 10.1. The molecule has 72 valence electrons. The molecule has 2 aromatic rings. The summed E-state index contributed by atoms with van der Waals surface area (Å²) in [7, 11) is 1.80. The van der Waals surface area contributed by atoms with Gasteiger partial charge in [0.25, 0.3) is 0 Å². The van der Waals surface area contributed by atoms with E-state index in [4.69, 9.17) is 4.52 Å². The molecule has 2 rings (SSSR count). The van der Waals surface area contributed by atoms with E-state index in [-0.39, 0.29) is 0 Å². The summed E-state index contributed by atoms with van der Waals surface area (Å²) >= 11 is 0. The fraction of sp³-hybridized carbons (Fsp3) is 0.182. The van der Waals surface area contributed by atoms with Crippen LogP contribution in [-0.2, 0) is 0 Å². The second-order valence-electron chi connectivity index (χ2n) is 3.19. The fourth-order valence-corrected chi connectivity index (χ4v) is 1.25. The summed E-state index contributed by atoms with van der Waals surface area (Å²) in [4.78, 5) is 0. The van der Waals surface area contributed by atoms with E-state index in [1.54, 1.807) is 7.05 Å². The molecule has 1 aromatic heterocycles. The Kier molecular flexibility index (Phi) is 2.23. The first kappa shape index (κ1) is 8.81. The molecule has 0 atom stereocenters. The van der Waals surface area contributed by atoms with Crippen LogP contribution in [0.5, 0.6) is 0 Å². The van der Waals surface area contributed by atoms with E-state index in [9.17, 15) is 0 Å². The van der Waals surface area contributed by atoms with Crippen molar-refractivity contribution < 1.29 is 4.52 Å². The van der Waals surface area contributed by atoms with Crippen molar-refractivity contribution in [2.75, 3.05) is 12.4 Å². The summed E-state index contributed by atoms with van der Waals surface area (Å²) in [5, 5.41) is 6.85. The third-order valence-corrected chi connectivity index (χ3v) is 2.10. The molecule has 0 aliphatic rings. The van der Waals surface area contributed by atoms with Gasteiger partial charge in [0.1, 0.15) is 5.69 Å². The minimum atomic E-state index is 0.681. The highest BCUT2D eigenvalue weighted by Crippen LogP contribution is 2.21. The molecule has 3 nitrogen and oxygen atoms in total. The Morgan fingerprint density at radius 3 is 2.50 bits per heavy atom. The standard InChI is InChI=1S/C11H12N2O/c1-8-3-5-9(6-4-8)10-7-11(12-2)14-13-10/h3-7,12H,1-2H3. The molecule has 1 aromatic carbocycles. The van der Waals surface area contributed by atoms with Crippen LogP contribution in [0.3, 0.4) is 0 Å². The van der Waals surface area contributed by atoms with Gasteiger partial charge in [-0.25, -0.2) is 0 Å². The van der Waals surface area contributed by atoms with Gasteiger partial charge in [0.05, 0.1) is 0 Å². The SMILES string of the molecule is CNc1cc(-c2ccc(C)cc2)no1. The Bertz CT molecular complexity index is 417. The quantitative estimate of drug-likeness (QED) is 0.787. The lowest BCUT2D eigenvalue weighted by molar-refractivity contribution is 0.436. The van der Waals surface area contributed by atoms with E-state index in [2.05, 4.69) is 29.5 Å². The average molecular weight is 188 g/mol. The van der Waals surface area contributed by atoms with Gasteiger partial charge in [-0.15, -0.1) is 0 Å². The lowest BCUT2D eigenvalue weighted by Gasteiger charge is -1.95. The molecule has 0 saturated carbocycles. The number of nitrogens with zero attached hydrogens (tertiary/aromatic N) is 1. The molecule has 1 heterocycles. The Morgan fingerprint density at radius 2 is 1.93 bits per heavy atom. The Labute approximate surface area is 82.7 Å². The monoisotopic (exact) mass is 188 g/mol. The van der Waals surface area contributed by atoms with Crippen LogP contribution in [0.2, 0.25) is 0 Å². The molecule has 14 heavy (non-hydrogen) atoms. The highest BCUT2D eigenvalue weighted by molar-refractivity contribution is 5.61. The maximum atomic E-state index is 5.04. The van der Waals surface area contributed by atoms with Crippen LogP contribution >= 0.6 is 0 Å². The van der Waals surface area contributed by atoms with Gasteiger partial charge in [0.15, 0.2) is 0 Å². The van der Waals surface area contributed by atoms with Crippen LogP contribution in [0.4, 0.5) is 5.88 Å². The summed E-state index contributed by atoms with van der Waals surface area (Å²) in [6, 6.07) is 10.1. The highest BCUT2D eigenvalue weighted by Gasteiger charge is 2.03. The molecule has 0 fully saturated rings. The van der Waals surface area contributed by atoms with E-state index in [0.29, 0.717) is 5.88 Å².